The molecule has 0 amide bonds. The molecule has 3 rings (SSSR count). The minimum absolute atomic E-state index is 0.315. The van der Waals surface area contributed by atoms with Gasteiger partial charge in [0.1, 0.15) is 0 Å². The van der Waals surface area contributed by atoms with Crippen LogP contribution in [0.3, 0.4) is 0 Å². The predicted octanol–water partition coefficient (Wildman–Crippen LogP) is 2.79. The molecule has 0 N–H and O–H groups in total. The van der Waals surface area contributed by atoms with Gasteiger partial charge in [0, 0.05) is 11.9 Å². The summed E-state index contributed by atoms with van der Waals surface area (Å²) in [6, 6.07) is 6.30. The summed E-state index contributed by atoms with van der Waals surface area (Å²) in [5.41, 5.74) is 3.71. The van der Waals surface area contributed by atoms with Gasteiger partial charge < -0.3 is 13.9 Å². The Morgan fingerprint density at radius 1 is 1.05 bits per heavy atom. The molecule has 1 saturated heterocycles. The first-order valence-corrected chi connectivity index (χ1v) is 7.67. The lowest BCUT2D eigenvalue weighted by atomic mass is 9.76. The molecule has 1 aromatic heterocycles. The van der Waals surface area contributed by atoms with E-state index in [4.69, 9.17) is 9.31 Å². The molecular formula is C17H23BN2O2. The van der Waals surface area contributed by atoms with Crippen molar-refractivity contribution < 1.29 is 9.31 Å². The Hall–Kier alpha value is -1.59. The fourth-order valence-electron chi connectivity index (χ4n) is 2.62. The van der Waals surface area contributed by atoms with Gasteiger partial charge in [-0.2, -0.15) is 0 Å². The largest absolute Gasteiger partial charge is 0.495 e. The molecule has 4 nitrogen and oxygen atoms in total. The maximum absolute atomic E-state index is 6.14. The van der Waals surface area contributed by atoms with Crippen LogP contribution < -0.4 is 5.46 Å². The third kappa shape index (κ3) is 2.48. The standard InChI is InChI=1S/C17H23BN2O2/c1-12-9-14(20-10-13(2)19-11-20)7-8-15(12)18-21-16(3,4)17(5,6)22-18/h7-11H,1-6H3. The third-order valence-corrected chi connectivity index (χ3v) is 4.77. The van der Waals surface area contributed by atoms with Crippen LogP contribution in [-0.4, -0.2) is 27.9 Å². The molecule has 5 heteroatoms. The van der Waals surface area contributed by atoms with Gasteiger partial charge in [0.2, 0.25) is 0 Å². The van der Waals surface area contributed by atoms with Crippen LogP contribution in [0.1, 0.15) is 39.0 Å². The summed E-state index contributed by atoms with van der Waals surface area (Å²) in [5.74, 6) is 0. The molecule has 22 heavy (non-hydrogen) atoms. The van der Waals surface area contributed by atoms with Gasteiger partial charge in [-0.05, 0) is 64.7 Å². The molecule has 2 heterocycles. The molecule has 1 aromatic carbocycles. The Morgan fingerprint density at radius 3 is 2.18 bits per heavy atom. The Labute approximate surface area is 132 Å². The molecule has 0 atom stereocenters. The average Bonchev–Trinajstić information content (AvgIpc) is 2.91. The number of hydrogen-bond acceptors (Lipinski definition) is 3. The van der Waals surface area contributed by atoms with Gasteiger partial charge in [-0.15, -0.1) is 0 Å². The quantitative estimate of drug-likeness (QED) is 0.800. The molecule has 0 radical (unpaired) electrons. The van der Waals surface area contributed by atoms with Crippen molar-refractivity contribution in [3.05, 3.63) is 42.0 Å². The van der Waals surface area contributed by atoms with Crippen LogP contribution in [0.4, 0.5) is 0 Å². The summed E-state index contributed by atoms with van der Waals surface area (Å²) >= 11 is 0. The summed E-state index contributed by atoms with van der Waals surface area (Å²) < 4.78 is 14.3. The normalized spacial score (nSPS) is 19.6. The zero-order valence-electron chi connectivity index (χ0n) is 14.2. The SMILES string of the molecule is Cc1cn(-c2ccc(B3OC(C)(C)C(C)(C)O3)c(C)c2)cn1. The highest BCUT2D eigenvalue weighted by Crippen LogP contribution is 2.36. The average molecular weight is 298 g/mol. The molecule has 0 aliphatic carbocycles. The van der Waals surface area contributed by atoms with Crippen LogP contribution in [0.15, 0.2) is 30.7 Å². The second kappa shape index (κ2) is 4.96. The first-order chi connectivity index (χ1) is 10.2. The van der Waals surface area contributed by atoms with Gasteiger partial charge in [0.15, 0.2) is 0 Å². The molecule has 0 unspecified atom stereocenters. The number of imidazole rings is 1. The second-order valence-corrected chi connectivity index (χ2v) is 7.05. The molecule has 0 bridgehead atoms. The van der Waals surface area contributed by atoms with Crippen molar-refractivity contribution in [1.82, 2.24) is 9.55 Å². The van der Waals surface area contributed by atoms with E-state index in [1.54, 1.807) is 0 Å². The van der Waals surface area contributed by atoms with E-state index < -0.39 is 0 Å². The van der Waals surface area contributed by atoms with E-state index in [0.717, 1.165) is 22.4 Å². The highest BCUT2D eigenvalue weighted by molar-refractivity contribution is 6.62. The van der Waals surface area contributed by atoms with E-state index in [0.29, 0.717) is 0 Å². The lowest BCUT2D eigenvalue weighted by molar-refractivity contribution is 0.00578. The van der Waals surface area contributed by atoms with Gasteiger partial charge in [-0.25, -0.2) is 4.98 Å². The molecule has 116 valence electrons. The monoisotopic (exact) mass is 298 g/mol. The number of rotatable bonds is 2. The van der Waals surface area contributed by atoms with E-state index in [1.807, 2.05) is 24.0 Å². The Balaban J connectivity index is 1.91. The van der Waals surface area contributed by atoms with Crippen LogP contribution in [0.5, 0.6) is 0 Å². The molecule has 0 spiro atoms. The van der Waals surface area contributed by atoms with Crippen LogP contribution in [0.25, 0.3) is 5.69 Å². The van der Waals surface area contributed by atoms with Crippen molar-refractivity contribution in [2.75, 3.05) is 0 Å². The van der Waals surface area contributed by atoms with Crippen molar-refractivity contribution in [2.24, 2.45) is 0 Å². The van der Waals surface area contributed by atoms with E-state index in [9.17, 15) is 0 Å². The van der Waals surface area contributed by atoms with Crippen molar-refractivity contribution in [2.45, 2.75) is 52.7 Å². The van der Waals surface area contributed by atoms with Gasteiger partial charge in [-0.3, -0.25) is 0 Å². The lowest BCUT2D eigenvalue weighted by Crippen LogP contribution is -2.41. The number of aryl methyl sites for hydroxylation is 2. The zero-order chi connectivity index (χ0) is 16.1. The number of aromatic nitrogens is 2. The number of nitrogens with zero attached hydrogens (tertiary/aromatic N) is 2. The van der Waals surface area contributed by atoms with Gasteiger partial charge in [0.25, 0.3) is 0 Å². The third-order valence-electron chi connectivity index (χ3n) is 4.77. The number of benzene rings is 1. The summed E-state index contributed by atoms with van der Waals surface area (Å²) in [6.45, 7) is 12.4. The number of hydrogen-bond donors (Lipinski definition) is 0. The van der Waals surface area contributed by atoms with Crippen LogP contribution >= 0.6 is 0 Å². The lowest BCUT2D eigenvalue weighted by Gasteiger charge is -2.32. The Morgan fingerprint density at radius 2 is 1.68 bits per heavy atom. The van der Waals surface area contributed by atoms with Crippen molar-refractivity contribution >= 4 is 12.6 Å². The Kier molecular flexibility index (Phi) is 3.46. The van der Waals surface area contributed by atoms with Crippen LogP contribution in [0, 0.1) is 13.8 Å². The molecule has 1 aliphatic rings. The highest BCUT2D eigenvalue weighted by atomic mass is 16.7. The first-order valence-electron chi connectivity index (χ1n) is 7.67. The fourth-order valence-corrected chi connectivity index (χ4v) is 2.62. The molecule has 1 fully saturated rings. The topological polar surface area (TPSA) is 36.3 Å². The fraction of sp³-hybridized carbons (Fsp3) is 0.471. The van der Waals surface area contributed by atoms with Crippen molar-refractivity contribution in [1.29, 1.82) is 0 Å². The summed E-state index contributed by atoms with van der Waals surface area (Å²) in [5, 5.41) is 0. The second-order valence-electron chi connectivity index (χ2n) is 7.05. The molecular weight excluding hydrogens is 275 g/mol. The first kappa shape index (κ1) is 15.3. The Bertz CT molecular complexity index is 690. The van der Waals surface area contributed by atoms with Gasteiger partial charge in [0.05, 0.1) is 23.2 Å². The molecule has 1 aliphatic heterocycles. The minimum Gasteiger partial charge on any atom is -0.399 e. The molecule has 2 aromatic rings. The maximum atomic E-state index is 6.14. The predicted molar refractivity (Wildman–Crippen MR) is 88.8 cm³/mol. The van der Waals surface area contributed by atoms with Crippen molar-refractivity contribution in [3.8, 4) is 5.69 Å². The summed E-state index contributed by atoms with van der Waals surface area (Å²) in [4.78, 5) is 4.27. The van der Waals surface area contributed by atoms with E-state index >= 15 is 0 Å². The van der Waals surface area contributed by atoms with Crippen molar-refractivity contribution in [3.63, 3.8) is 0 Å². The van der Waals surface area contributed by atoms with Gasteiger partial charge in [-0.1, -0.05) is 6.07 Å². The molecule has 0 saturated carbocycles. The van der Waals surface area contributed by atoms with Gasteiger partial charge >= 0.3 is 7.12 Å². The minimum atomic E-state index is -0.316. The van der Waals surface area contributed by atoms with E-state index in [1.165, 1.54) is 0 Å². The van der Waals surface area contributed by atoms with Crippen LogP contribution in [-0.2, 0) is 9.31 Å². The zero-order valence-corrected chi connectivity index (χ0v) is 14.2. The smallest absolute Gasteiger partial charge is 0.399 e. The summed E-state index contributed by atoms with van der Waals surface area (Å²) in [7, 11) is -0.316. The van der Waals surface area contributed by atoms with E-state index in [-0.39, 0.29) is 18.3 Å². The van der Waals surface area contributed by atoms with E-state index in [2.05, 4.69) is 57.8 Å². The summed E-state index contributed by atoms with van der Waals surface area (Å²) in [6.07, 6.45) is 3.85. The maximum Gasteiger partial charge on any atom is 0.495 e. The van der Waals surface area contributed by atoms with Crippen LogP contribution in [0.2, 0.25) is 0 Å². The highest BCUT2D eigenvalue weighted by Gasteiger charge is 2.52.